The van der Waals surface area contributed by atoms with Gasteiger partial charge in [0.15, 0.2) is 0 Å². The van der Waals surface area contributed by atoms with Crippen molar-refractivity contribution >= 4 is 23.2 Å². The average molecular weight is 380 g/mol. The summed E-state index contributed by atoms with van der Waals surface area (Å²) >= 11 is 0. The highest BCUT2D eigenvalue weighted by molar-refractivity contribution is 6.06. The van der Waals surface area contributed by atoms with Crippen LogP contribution in [0.15, 0.2) is 48.5 Å². The number of primary amides is 1. The molecular formula is C22H28N4O2. The fourth-order valence-corrected chi connectivity index (χ4v) is 3.47. The van der Waals surface area contributed by atoms with Crippen molar-refractivity contribution in [3.05, 3.63) is 59.7 Å². The molecule has 2 N–H and O–H groups in total. The van der Waals surface area contributed by atoms with Crippen LogP contribution in [0.25, 0.3) is 0 Å². The van der Waals surface area contributed by atoms with Crippen LogP contribution in [0.1, 0.15) is 34.6 Å². The summed E-state index contributed by atoms with van der Waals surface area (Å²) < 4.78 is 0. The largest absolute Gasteiger partial charge is 0.369 e. The van der Waals surface area contributed by atoms with Crippen LogP contribution in [0.2, 0.25) is 0 Å². The van der Waals surface area contributed by atoms with E-state index in [-0.39, 0.29) is 5.91 Å². The van der Waals surface area contributed by atoms with Crippen LogP contribution < -0.4 is 15.5 Å². The Labute approximate surface area is 166 Å². The summed E-state index contributed by atoms with van der Waals surface area (Å²) in [4.78, 5) is 30.4. The van der Waals surface area contributed by atoms with Crippen molar-refractivity contribution in [1.82, 2.24) is 4.90 Å². The fourth-order valence-electron chi connectivity index (χ4n) is 3.47. The lowest BCUT2D eigenvalue weighted by Crippen LogP contribution is -2.48. The van der Waals surface area contributed by atoms with Gasteiger partial charge in [-0.3, -0.25) is 14.5 Å². The topological polar surface area (TPSA) is 69.9 Å². The predicted molar refractivity (Wildman–Crippen MR) is 113 cm³/mol. The van der Waals surface area contributed by atoms with Gasteiger partial charge in [0.1, 0.15) is 0 Å². The van der Waals surface area contributed by atoms with Crippen molar-refractivity contribution in [1.29, 1.82) is 0 Å². The van der Waals surface area contributed by atoms with Gasteiger partial charge in [-0.05, 0) is 62.4 Å². The molecule has 6 nitrogen and oxygen atoms in total. The first kappa shape index (κ1) is 19.9. The van der Waals surface area contributed by atoms with Gasteiger partial charge in [-0.25, -0.2) is 0 Å². The van der Waals surface area contributed by atoms with E-state index < -0.39 is 5.91 Å². The summed E-state index contributed by atoms with van der Waals surface area (Å²) in [6.07, 6.45) is 0. The molecular weight excluding hydrogens is 352 g/mol. The van der Waals surface area contributed by atoms with Crippen LogP contribution in [-0.2, 0) is 0 Å². The van der Waals surface area contributed by atoms with Gasteiger partial charge in [-0.1, -0.05) is 0 Å². The second kappa shape index (κ2) is 8.44. The molecule has 6 heteroatoms. The molecule has 1 aliphatic heterocycles. The molecule has 1 aliphatic rings. The Morgan fingerprint density at radius 2 is 1.43 bits per heavy atom. The van der Waals surface area contributed by atoms with Crippen molar-refractivity contribution in [2.75, 3.05) is 43.0 Å². The van der Waals surface area contributed by atoms with Crippen LogP contribution >= 0.6 is 0 Å². The SMILES string of the molecule is CC(C)N1CCN(c2ccc(C(=O)N(C)c3ccc(C(N)=O)cc3)cc2)CC1. The third-order valence-corrected chi connectivity index (χ3v) is 5.37. The van der Waals surface area contributed by atoms with Gasteiger partial charge in [0, 0.05) is 61.8 Å². The molecule has 28 heavy (non-hydrogen) atoms. The van der Waals surface area contributed by atoms with Gasteiger partial charge in [-0.15, -0.1) is 0 Å². The minimum atomic E-state index is -0.481. The fraction of sp³-hybridized carbons (Fsp3) is 0.364. The standard InChI is InChI=1S/C22H28N4O2/c1-16(2)25-12-14-26(15-13-25)20-10-6-18(7-11-20)22(28)24(3)19-8-4-17(5-9-19)21(23)27/h4-11,16H,12-15H2,1-3H3,(H2,23,27). The van der Waals surface area contributed by atoms with E-state index in [0.29, 0.717) is 22.9 Å². The molecule has 3 rings (SSSR count). The summed E-state index contributed by atoms with van der Waals surface area (Å²) in [6.45, 7) is 8.57. The van der Waals surface area contributed by atoms with Crippen molar-refractivity contribution in [2.45, 2.75) is 19.9 Å². The second-order valence-electron chi connectivity index (χ2n) is 7.44. The predicted octanol–water partition coefficient (Wildman–Crippen LogP) is 2.59. The average Bonchev–Trinajstić information content (AvgIpc) is 2.73. The molecule has 0 atom stereocenters. The van der Waals surface area contributed by atoms with Gasteiger partial charge in [0.25, 0.3) is 5.91 Å². The number of amides is 2. The first-order valence-corrected chi connectivity index (χ1v) is 9.64. The maximum absolute atomic E-state index is 12.8. The zero-order valence-electron chi connectivity index (χ0n) is 16.8. The highest BCUT2D eigenvalue weighted by Crippen LogP contribution is 2.21. The number of nitrogens with two attached hydrogens (primary N) is 1. The Kier molecular flexibility index (Phi) is 5.99. The molecule has 2 aromatic rings. The van der Waals surface area contributed by atoms with Crippen LogP contribution in [0.3, 0.4) is 0 Å². The smallest absolute Gasteiger partial charge is 0.258 e. The Morgan fingerprint density at radius 3 is 1.93 bits per heavy atom. The number of carbonyl (C=O) groups excluding carboxylic acids is 2. The van der Waals surface area contributed by atoms with E-state index in [2.05, 4.69) is 23.6 Å². The van der Waals surface area contributed by atoms with Crippen LogP contribution in [0.4, 0.5) is 11.4 Å². The molecule has 0 bridgehead atoms. The molecule has 0 saturated carbocycles. The molecule has 0 spiro atoms. The Balaban J connectivity index is 1.65. The summed E-state index contributed by atoms with van der Waals surface area (Å²) in [6, 6.07) is 15.1. The van der Waals surface area contributed by atoms with Crippen molar-refractivity contribution in [3.8, 4) is 0 Å². The molecule has 0 radical (unpaired) electrons. The molecule has 1 saturated heterocycles. The first-order chi connectivity index (χ1) is 13.4. The lowest BCUT2D eigenvalue weighted by Gasteiger charge is -2.38. The Hall–Kier alpha value is -2.86. The molecule has 2 aromatic carbocycles. The van der Waals surface area contributed by atoms with E-state index in [1.165, 1.54) is 0 Å². The number of rotatable bonds is 5. The van der Waals surface area contributed by atoms with E-state index in [9.17, 15) is 9.59 Å². The lowest BCUT2D eigenvalue weighted by atomic mass is 10.1. The summed E-state index contributed by atoms with van der Waals surface area (Å²) in [5, 5.41) is 0. The normalized spacial score (nSPS) is 14.9. The Bertz CT molecular complexity index is 823. The number of hydrogen-bond donors (Lipinski definition) is 1. The monoisotopic (exact) mass is 380 g/mol. The summed E-state index contributed by atoms with van der Waals surface area (Å²) in [5.41, 5.74) is 8.17. The van der Waals surface area contributed by atoms with E-state index in [0.717, 1.165) is 31.9 Å². The maximum atomic E-state index is 12.8. The lowest BCUT2D eigenvalue weighted by molar-refractivity contribution is 0.0989. The number of benzene rings is 2. The quantitative estimate of drug-likeness (QED) is 0.866. The number of carbonyl (C=O) groups is 2. The van der Waals surface area contributed by atoms with E-state index >= 15 is 0 Å². The molecule has 148 valence electrons. The van der Waals surface area contributed by atoms with Crippen LogP contribution in [0.5, 0.6) is 0 Å². The van der Waals surface area contributed by atoms with Crippen molar-refractivity contribution in [2.24, 2.45) is 5.73 Å². The van der Waals surface area contributed by atoms with Crippen molar-refractivity contribution in [3.63, 3.8) is 0 Å². The summed E-state index contributed by atoms with van der Waals surface area (Å²) in [7, 11) is 1.72. The maximum Gasteiger partial charge on any atom is 0.258 e. The molecule has 0 aromatic heterocycles. The van der Waals surface area contributed by atoms with Gasteiger partial charge >= 0.3 is 0 Å². The zero-order chi connectivity index (χ0) is 20.3. The van der Waals surface area contributed by atoms with E-state index in [1.54, 1.807) is 36.2 Å². The zero-order valence-corrected chi connectivity index (χ0v) is 16.8. The van der Waals surface area contributed by atoms with Crippen LogP contribution in [-0.4, -0.2) is 56.0 Å². The van der Waals surface area contributed by atoms with Gasteiger partial charge in [0.05, 0.1) is 0 Å². The molecule has 0 aliphatic carbocycles. The van der Waals surface area contributed by atoms with Gasteiger partial charge < -0.3 is 15.5 Å². The number of hydrogen-bond acceptors (Lipinski definition) is 4. The minimum Gasteiger partial charge on any atom is -0.369 e. The Morgan fingerprint density at radius 1 is 0.893 bits per heavy atom. The van der Waals surface area contributed by atoms with E-state index in [1.807, 2.05) is 24.3 Å². The number of nitrogens with zero attached hydrogens (tertiary/aromatic N) is 3. The molecule has 1 heterocycles. The molecule has 2 amide bonds. The van der Waals surface area contributed by atoms with Crippen molar-refractivity contribution < 1.29 is 9.59 Å². The number of piperazine rings is 1. The van der Waals surface area contributed by atoms with Gasteiger partial charge in [0.2, 0.25) is 5.91 Å². The van der Waals surface area contributed by atoms with Crippen LogP contribution in [0, 0.1) is 0 Å². The third kappa shape index (κ3) is 4.34. The molecule has 0 unspecified atom stereocenters. The minimum absolute atomic E-state index is 0.0944. The van der Waals surface area contributed by atoms with Gasteiger partial charge in [-0.2, -0.15) is 0 Å². The molecule has 1 fully saturated rings. The second-order valence-corrected chi connectivity index (χ2v) is 7.44. The first-order valence-electron chi connectivity index (χ1n) is 9.64. The van der Waals surface area contributed by atoms with E-state index in [4.69, 9.17) is 5.73 Å². The summed E-state index contributed by atoms with van der Waals surface area (Å²) in [5.74, 6) is -0.576. The number of anilines is 2. The highest BCUT2D eigenvalue weighted by Gasteiger charge is 2.20. The highest BCUT2D eigenvalue weighted by atomic mass is 16.2. The third-order valence-electron chi connectivity index (χ3n) is 5.37.